The SMILES string of the molecule is CC(C)c1ccc(OCC(=O)N(Cc2ccccc2Cl)[C@@H](Cc2ccccc2)C(=O)NC2CCCC2)c(Br)c1. The zero-order chi connectivity index (χ0) is 27.8. The van der Waals surface area contributed by atoms with E-state index in [9.17, 15) is 9.59 Å². The second-order valence-corrected chi connectivity index (χ2v) is 11.7. The molecule has 0 bridgehead atoms. The second-order valence-electron chi connectivity index (χ2n) is 10.4. The number of amides is 2. The van der Waals surface area contributed by atoms with Crippen LogP contribution in [0.3, 0.4) is 0 Å². The summed E-state index contributed by atoms with van der Waals surface area (Å²) >= 11 is 10.1. The third-order valence-electron chi connectivity index (χ3n) is 7.24. The predicted octanol–water partition coefficient (Wildman–Crippen LogP) is 7.30. The van der Waals surface area contributed by atoms with Crippen LogP contribution in [0, 0.1) is 0 Å². The number of nitrogens with one attached hydrogen (secondary N) is 1. The van der Waals surface area contributed by atoms with Crippen LogP contribution in [0.15, 0.2) is 77.3 Å². The molecule has 0 aromatic heterocycles. The number of hydrogen-bond donors (Lipinski definition) is 1. The minimum Gasteiger partial charge on any atom is -0.483 e. The number of benzene rings is 3. The lowest BCUT2D eigenvalue weighted by Crippen LogP contribution is -2.53. The van der Waals surface area contributed by atoms with Gasteiger partial charge in [0, 0.05) is 24.0 Å². The summed E-state index contributed by atoms with van der Waals surface area (Å²) in [6.07, 6.45) is 4.53. The first-order valence-corrected chi connectivity index (χ1v) is 14.8. The molecule has 4 rings (SSSR count). The Kier molecular flexibility index (Phi) is 10.5. The lowest BCUT2D eigenvalue weighted by atomic mass is 10.0. The molecule has 39 heavy (non-hydrogen) atoms. The average molecular weight is 612 g/mol. The van der Waals surface area contributed by atoms with Crippen molar-refractivity contribution in [3.05, 3.63) is 99.0 Å². The van der Waals surface area contributed by atoms with Gasteiger partial charge in [0.15, 0.2) is 6.61 Å². The molecule has 0 spiro atoms. The summed E-state index contributed by atoms with van der Waals surface area (Å²) in [5.74, 6) is 0.534. The third kappa shape index (κ3) is 8.09. The Labute approximate surface area is 245 Å². The molecule has 0 saturated heterocycles. The van der Waals surface area contributed by atoms with Crippen LogP contribution < -0.4 is 10.1 Å². The van der Waals surface area contributed by atoms with Gasteiger partial charge in [-0.05, 0) is 69.6 Å². The van der Waals surface area contributed by atoms with Crippen LogP contribution in [0.5, 0.6) is 5.75 Å². The fraction of sp³-hybridized carbons (Fsp3) is 0.375. The molecule has 1 fully saturated rings. The van der Waals surface area contributed by atoms with E-state index in [2.05, 4.69) is 35.1 Å². The van der Waals surface area contributed by atoms with Crippen molar-refractivity contribution in [2.75, 3.05) is 6.61 Å². The molecule has 5 nitrogen and oxygen atoms in total. The Morgan fingerprint density at radius 2 is 1.72 bits per heavy atom. The highest BCUT2D eigenvalue weighted by atomic mass is 79.9. The molecule has 0 unspecified atom stereocenters. The first-order valence-electron chi connectivity index (χ1n) is 13.6. The van der Waals surface area contributed by atoms with Crippen molar-refractivity contribution in [2.24, 2.45) is 0 Å². The van der Waals surface area contributed by atoms with Gasteiger partial charge >= 0.3 is 0 Å². The van der Waals surface area contributed by atoms with E-state index in [4.69, 9.17) is 16.3 Å². The van der Waals surface area contributed by atoms with E-state index < -0.39 is 6.04 Å². The first kappa shape index (κ1) is 29.2. The van der Waals surface area contributed by atoms with E-state index >= 15 is 0 Å². The highest BCUT2D eigenvalue weighted by Gasteiger charge is 2.32. The van der Waals surface area contributed by atoms with Crippen LogP contribution >= 0.6 is 27.5 Å². The highest BCUT2D eigenvalue weighted by molar-refractivity contribution is 9.10. The van der Waals surface area contributed by atoms with Gasteiger partial charge in [0.2, 0.25) is 5.91 Å². The summed E-state index contributed by atoms with van der Waals surface area (Å²) in [5.41, 5.74) is 2.93. The number of halogens is 2. The lowest BCUT2D eigenvalue weighted by molar-refractivity contribution is -0.143. The number of carbonyl (C=O) groups excluding carboxylic acids is 2. The van der Waals surface area contributed by atoms with Gasteiger partial charge in [0.1, 0.15) is 11.8 Å². The first-order chi connectivity index (χ1) is 18.8. The molecule has 1 aliphatic rings. The number of rotatable bonds is 11. The summed E-state index contributed by atoms with van der Waals surface area (Å²) in [6.45, 7) is 4.25. The fourth-order valence-corrected chi connectivity index (χ4v) is 5.65. The van der Waals surface area contributed by atoms with Gasteiger partial charge in [0.05, 0.1) is 4.47 Å². The zero-order valence-corrected chi connectivity index (χ0v) is 24.9. The quantitative estimate of drug-likeness (QED) is 0.247. The molecular weight excluding hydrogens is 576 g/mol. The van der Waals surface area contributed by atoms with Gasteiger partial charge in [-0.3, -0.25) is 9.59 Å². The molecule has 0 heterocycles. The van der Waals surface area contributed by atoms with Crippen LogP contribution in [0.1, 0.15) is 62.1 Å². The van der Waals surface area contributed by atoms with Crippen molar-refractivity contribution in [2.45, 2.75) is 70.5 Å². The van der Waals surface area contributed by atoms with Crippen molar-refractivity contribution in [1.29, 1.82) is 0 Å². The minimum atomic E-state index is -0.716. The molecule has 0 radical (unpaired) electrons. The van der Waals surface area contributed by atoms with E-state index in [0.717, 1.165) is 41.3 Å². The molecule has 1 N–H and O–H groups in total. The van der Waals surface area contributed by atoms with E-state index in [1.807, 2.05) is 66.7 Å². The van der Waals surface area contributed by atoms with Gasteiger partial charge in [-0.25, -0.2) is 0 Å². The molecule has 7 heteroatoms. The van der Waals surface area contributed by atoms with E-state index in [-0.39, 0.29) is 31.0 Å². The normalized spacial score (nSPS) is 14.3. The zero-order valence-electron chi connectivity index (χ0n) is 22.5. The molecule has 3 aromatic carbocycles. The Balaban J connectivity index is 1.61. The predicted molar refractivity (Wildman–Crippen MR) is 160 cm³/mol. The summed E-state index contributed by atoms with van der Waals surface area (Å²) in [6, 6.07) is 22.6. The maximum Gasteiger partial charge on any atom is 0.261 e. The molecule has 0 aliphatic heterocycles. The molecule has 1 atom stereocenters. The number of nitrogens with zero attached hydrogens (tertiary/aromatic N) is 1. The lowest BCUT2D eigenvalue weighted by Gasteiger charge is -2.32. The Hall–Kier alpha value is -2.83. The van der Waals surface area contributed by atoms with Crippen LogP contribution in [0.25, 0.3) is 0 Å². The van der Waals surface area contributed by atoms with Gasteiger partial charge in [-0.15, -0.1) is 0 Å². The number of hydrogen-bond acceptors (Lipinski definition) is 3. The summed E-state index contributed by atoms with van der Waals surface area (Å²) in [5, 5.41) is 3.77. The second kappa shape index (κ2) is 14.0. The summed E-state index contributed by atoms with van der Waals surface area (Å²) in [7, 11) is 0. The molecule has 2 amide bonds. The van der Waals surface area contributed by atoms with E-state index in [1.54, 1.807) is 11.0 Å². The maximum atomic E-state index is 13.9. The van der Waals surface area contributed by atoms with Crippen molar-refractivity contribution in [3.8, 4) is 5.75 Å². The van der Waals surface area contributed by atoms with Crippen LogP contribution in [0.4, 0.5) is 0 Å². The van der Waals surface area contributed by atoms with E-state index in [1.165, 1.54) is 5.56 Å². The molecular formula is C32H36BrClN2O3. The third-order valence-corrected chi connectivity index (χ3v) is 8.23. The van der Waals surface area contributed by atoms with Gasteiger partial charge in [-0.1, -0.05) is 92.9 Å². The number of carbonyl (C=O) groups is 2. The average Bonchev–Trinajstić information content (AvgIpc) is 3.44. The minimum absolute atomic E-state index is 0.139. The number of ether oxygens (including phenoxy) is 1. The molecule has 3 aromatic rings. The summed E-state index contributed by atoms with van der Waals surface area (Å²) < 4.78 is 6.78. The van der Waals surface area contributed by atoms with Crippen molar-refractivity contribution >= 4 is 39.3 Å². The van der Waals surface area contributed by atoms with Crippen molar-refractivity contribution < 1.29 is 14.3 Å². The molecule has 1 aliphatic carbocycles. The Bertz CT molecular complexity index is 1260. The van der Waals surface area contributed by atoms with Crippen LogP contribution in [-0.2, 0) is 22.6 Å². The molecule has 1 saturated carbocycles. The van der Waals surface area contributed by atoms with Crippen molar-refractivity contribution in [1.82, 2.24) is 10.2 Å². The smallest absolute Gasteiger partial charge is 0.261 e. The van der Waals surface area contributed by atoms with Gasteiger partial charge < -0.3 is 15.0 Å². The van der Waals surface area contributed by atoms with Crippen molar-refractivity contribution in [3.63, 3.8) is 0 Å². The topological polar surface area (TPSA) is 58.6 Å². The molecule has 206 valence electrons. The fourth-order valence-electron chi connectivity index (χ4n) is 4.95. The Morgan fingerprint density at radius 1 is 1.03 bits per heavy atom. The van der Waals surface area contributed by atoms with Gasteiger partial charge in [-0.2, -0.15) is 0 Å². The van der Waals surface area contributed by atoms with Crippen LogP contribution in [-0.4, -0.2) is 35.4 Å². The summed E-state index contributed by atoms with van der Waals surface area (Å²) in [4.78, 5) is 29.2. The maximum absolute atomic E-state index is 13.9. The largest absolute Gasteiger partial charge is 0.483 e. The van der Waals surface area contributed by atoms with E-state index in [0.29, 0.717) is 23.1 Å². The van der Waals surface area contributed by atoms with Gasteiger partial charge in [0.25, 0.3) is 5.91 Å². The monoisotopic (exact) mass is 610 g/mol. The Morgan fingerprint density at radius 3 is 2.38 bits per heavy atom. The standard InChI is InChI=1S/C32H36BrClN2O3/c1-22(2)24-16-17-30(27(33)19-24)39-21-31(37)36(20-25-12-6-9-15-28(25)34)29(18-23-10-4-3-5-11-23)32(38)35-26-13-7-8-14-26/h3-6,9-12,15-17,19,22,26,29H,7-8,13-14,18,20-21H2,1-2H3,(H,35,38)/t29-/m0/s1. The van der Waals surface area contributed by atoms with Crippen LogP contribution in [0.2, 0.25) is 5.02 Å². The highest BCUT2D eigenvalue weighted by Crippen LogP contribution is 2.29.